The average Bonchev–Trinajstić information content (AvgIpc) is 2.53. The number of benzene rings is 2. The van der Waals surface area contributed by atoms with Crippen LogP contribution in [-0.4, -0.2) is 6.54 Å². The fourth-order valence-corrected chi connectivity index (χ4v) is 3.94. The Bertz CT molecular complexity index is 694. The van der Waals surface area contributed by atoms with Gasteiger partial charge in [0.25, 0.3) is 5.92 Å². The number of alkyl halides is 2. The predicted octanol–water partition coefficient (Wildman–Crippen LogP) is 6.59. The number of para-hydroxylation sites is 1. The first kappa shape index (κ1) is 16.3. The van der Waals surface area contributed by atoms with Crippen molar-refractivity contribution in [1.29, 1.82) is 0 Å². The lowest BCUT2D eigenvalue weighted by molar-refractivity contribution is 0.0174. The first-order valence-electron chi connectivity index (χ1n) is 8.07. The van der Waals surface area contributed by atoms with Gasteiger partial charge in [-0.05, 0) is 30.7 Å². The molecule has 4 heteroatoms. The van der Waals surface area contributed by atoms with Crippen LogP contribution >= 0.6 is 11.8 Å². The number of unbranched alkanes of at least 4 members (excludes halogenated alkanes) is 2. The van der Waals surface area contributed by atoms with Crippen LogP contribution in [0, 0.1) is 0 Å². The first-order valence-corrected chi connectivity index (χ1v) is 8.89. The molecule has 2 aromatic rings. The minimum absolute atomic E-state index is 0.0803. The molecule has 0 fully saturated rings. The van der Waals surface area contributed by atoms with Crippen LogP contribution in [0.25, 0.3) is 0 Å². The van der Waals surface area contributed by atoms with E-state index in [0.717, 1.165) is 49.0 Å². The Labute approximate surface area is 140 Å². The van der Waals surface area contributed by atoms with Crippen LogP contribution in [0.1, 0.15) is 38.7 Å². The molecule has 2 aromatic carbocycles. The quantitative estimate of drug-likeness (QED) is 0.568. The Morgan fingerprint density at radius 3 is 2.48 bits per heavy atom. The van der Waals surface area contributed by atoms with Crippen LogP contribution < -0.4 is 4.90 Å². The third kappa shape index (κ3) is 3.37. The molecule has 0 aliphatic carbocycles. The van der Waals surface area contributed by atoms with Crippen molar-refractivity contribution in [2.45, 2.75) is 48.8 Å². The predicted molar refractivity (Wildman–Crippen MR) is 93.1 cm³/mol. The summed E-state index contributed by atoms with van der Waals surface area (Å²) in [5.41, 5.74) is 2.11. The van der Waals surface area contributed by atoms with E-state index in [4.69, 9.17) is 0 Å². The van der Waals surface area contributed by atoms with Gasteiger partial charge < -0.3 is 4.90 Å². The minimum atomic E-state index is -2.81. The SMILES string of the molecule is CCCCCN1c2ccccc2Sc2ccc(C(C)(F)F)cc21. The summed E-state index contributed by atoms with van der Waals surface area (Å²) in [5.74, 6) is -2.81. The van der Waals surface area contributed by atoms with E-state index in [1.165, 1.54) is 4.90 Å². The molecule has 0 atom stereocenters. The van der Waals surface area contributed by atoms with Crippen molar-refractivity contribution >= 4 is 23.1 Å². The monoisotopic (exact) mass is 333 g/mol. The highest BCUT2D eigenvalue weighted by Gasteiger charge is 2.29. The molecule has 0 amide bonds. The van der Waals surface area contributed by atoms with Crippen LogP contribution in [0.15, 0.2) is 52.3 Å². The lowest BCUT2D eigenvalue weighted by Gasteiger charge is -2.33. The Morgan fingerprint density at radius 2 is 1.74 bits per heavy atom. The van der Waals surface area contributed by atoms with Crippen LogP contribution in [0.3, 0.4) is 0 Å². The van der Waals surface area contributed by atoms with E-state index in [9.17, 15) is 8.78 Å². The van der Waals surface area contributed by atoms with Gasteiger partial charge in [-0.15, -0.1) is 0 Å². The summed E-state index contributed by atoms with van der Waals surface area (Å²) < 4.78 is 27.5. The van der Waals surface area contributed by atoms with Crippen LogP contribution in [-0.2, 0) is 5.92 Å². The third-order valence-electron chi connectivity index (χ3n) is 4.12. The van der Waals surface area contributed by atoms with E-state index in [1.54, 1.807) is 23.9 Å². The van der Waals surface area contributed by atoms with Gasteiger partial charge in [0.05, 0.1) is 11.4 Å². The normalized spacial score (nSPS) is 13.7. The van der Waals surface area contributed by atoms with Crippen molar-refractivity contribution in [1.82, 2.24) is 0 Å². The Balaban J connectivity index is 2.03. The van der Waals surface area contributed by atoms with Gasteiger partial charge in [0.2, 0.25) is 0 Å². The maximum absolute atomic E-state index is 13.7. The van der Waals surface area contributed by atoms with Crippen LogP contribution in [0.4, 0.5) is 20.2 Å². The molecule has 0 saturated carbocycles. The summed E-state index contributed by atoms with van der Waals surface area (Å²) >= 11 is 1.66. The number of hydrogen-bond donors (Lipinski definition) is 0. The Morgan fingerprint density at radius 1 is 1.00 bits per heavy atom. The van der Waals surface area contributed by atoms with Crippen LogP contribution in [0.2, 0.25) is 0 Å². The summed E-state index contributed by atoms with van der Waals surface area (Å²) in [6.07, 6.45) is 3.34. The van der Waals surface area contributed by atoms with Gasteiger partial charge >= 0.3 is 0 Å². The maximum Gasteiger partial charge on any atom is 0.270 e. The number of halogens is 2. The van der Waals surface area contributed by atoms with Crippen molar-refractivity contribution in [3.63, 3.8) is 0 Å². The minimum Gasteiger partial charge on any atom is -0.340 e. The second-order valence-electron chi connectivity index (χ2n) is 6.00. The summed E-state index contributed by atoms with van der Waals surface area (Å²) in [5, 5.41) is 0. The lowest BCUT2D eigenvalue weighted by atomic mass is 10.1. The molecule has 1 heterocycles. The van der Waals surface area contributed by atoms with Gasteiger partial charge in [-0.25, -0.2) is 8.78 Å². The van der Waals surface area contributed by atoms with Crippen molar-refractivity contribution in [2.75, 3.05) is 11.4 Å². The smallest absolute Gasteiger partial charge is 0.270 e. The zero-order chi connectivity index (χ0) is 16.4. The van der Waals surface area contributed by atoms with E-state index in [2.05, 4.69) is 24.0 Å². The maximum atomic E-state index is 13.7. The molecule has 23 heavy (non-hydrogen) atoms. The van der Waals surface area contributed by atoms with Crippen molar-refractivity contribution < 1.29 is 8.78 Å². The standard InChI is InChI=1S/C19H21F2NS/c1-3-4-7-12-22-15-8-5-6-9-17(15)23-18-11-10-14(13-16(18)22)19(2,20)21/h5-6,8-11,13H,3-4,7,12H2,1-2H3. The Hall–Kier alpha value is -1.55. The zero-order valence-electron chi connectivity index (χ0n) is 13.5. The molecule has 0 radical (unpaired) electrons. The summed E-state index contributed by atoms with van der Waals surface area (Å²) in [6.45, 7) is 3.99. The fourth-order valence-electron chi connectivity index (χ4n) is 2.86. The molecule has 0 aromatic heterocycles. The second-order valence-corrected chi connectivity index (χ2v) is 7.08. The lowest BCUT2D eigenvalue weighted by Crippen LogP contribution is -2.22. The molecule has 0 N–H and O–H groups in total. The molecular weight excluding hydrogens is 312 g/mol. The summed E-state index contributed by atoms with van der Waals surface area (Å²) in [4.78, 5) is 4.44. The van der Waals surface area contributed by atoms with E-state index < -0.39 is 5.92 Å². The largest absolute Gasteiger partial charge is 0.340 e. The number of anilines is 2. The molecule has 0 saturated heterocycles. The van der Waals surface area contributed by atoms with E-state index in [0.29, 0.717) is 0 Å². The molecule has 0 unspecified atom stereocenters. The highest BCUT2D eigenvalue weighted by molar-refractivity contribution is 7.99. The number of hydrogen-bond acceptors (Lipinski definition) is 2. The van der Waals surface area contributed by atoms with Gasteiger partial charge in [0.1, 0.15) is 0 Å². The van der Waals surface area contributed by atoms with Gasteiger partial charge in [-0.1, -0.05) is 49.7 Å². The number of rotatable bonds is 5. The summed E-state index contributed by atoms with van der Waals surface area (Å²) in [6, 6.07) is 13.2. The molecule has 122 valence electrons. The third-order valence-corrected chi connectivity index (χ3v) is 5.25. The van der Waals surface area contributed by atoms with Gasteiger partial charge in [-0.2, -0.15) is 0 Å². The first-order chi connectivity index (χ1) is 11.0. The zero-order valence-corrected chi connectivity index (χ0v) is 14.3. The topological polar surface area (TPSA) is 3.24 Å². The second kappa shape index (κ2) is 6.52. The molecule has 0 bridgehead atoms. The van der Waals surface area contributed by atoms with Crippen molar-refractivity contribution in [3.05, 3.63) is 48.0 Å². The van der Waals surface area contributed by atoms with Crippen molar-refractivity contribution in [2.24, 2.45) is 0 Å². The highest BCUT2D eigenvalue weighted by Crippen LogP contribution is 2.49. The molecule has 0 spiro atoms. The average molecular weight is 333 g/mol. The Kier molecular flexibility index (Phi) is 4.62. The van der Waals surface area contributed by atoms with Gasteiger partial charge in [-0.3, -0.25) is 0 Å². The summed E-state index contributed by atoms with van der Waals surface area (Å²) in [7, 11) is 0. The molecule has 1 aliphatic heterocycles. The molecule has 3 rings (SSSR count). The van der Waals surface area contributed by atoms with E-state index in [1.807, 2.05) is 18.2 Å². The van der Waals surface area contributed by atoms with E-state index in [-0.39, 0.29) is 5.56 Å². The van der Waals surface area contributed by atoms with Crippen LogP contribution in [0.5, 0.6) is 0 Å². The fraction of sp³-hybridized carbons (Fsp3) is 0.368. The van der Waals surface area contributed by atoms with Gasteiger partial charge in [0.15, 0.2) is 0 Å². The molecular formula is C19H21F2NS. The van der Waals surface area contributed by atoms with Gasteiger partial charge in [0, 0.05) is 28.8 Å². The van der Waals surface area contributed by atoms with E-state index >= 15 is 0 Å². The van der Waals surface area contributed by atoms with Crippen molar-refractivity contribution in [3.8, 4) is 0 Å². The molecule has 1 nitrogen and oxygen atoms in total. The molecule has 1 aliphatic rings. The highest BCUT2D eigenvalue weighted by atomic mass is 32.2. The number of nitrogens with zero attached hydrogens (tertiary/aromatic N) is 1. The number of fused-ring (bicyclic) bond motifs is 2.